The summed E-state index contributed by atoms with van der Waals surface area (Å²) in [5.41, 5.74) is 6.67. The first-order valence-corrected chi connectivity index (χ1v) is 7.42. The van der Waals surface area contributed by atoms with Gasteiger partial charge in [-0.15, -0.1) is 0 Å². The SMILES string of the molecule is Nc1ncnc2c1C(I)CN2[C@@H]1O[C@H](CO)C(O)C1O. The summed E-state index contributed by atoms with van der Waals surface area (Å²) in [6.45, 7) is 0.195. The van der Waals surface area contributed by atoms with Gasteiger partial charge in [0.1, 0.15) is 36.3 Å². The molecule has 3 rings (SSSR count). The van der Waals surface area contributed by atoms with Gasteiger partial charge in [0.05, 0.1) is 16.1 Å². The molecule has 0 aliphatic carbocycles. The van der Waals surface area contributed by atoms with E-state index in [9.17, 15) is 10.2 Å². The number of hydrogen-bond donors (Lipinski definition) is 4. The van der Waals surface area contributed by atoms with Gasteiger partial charge in [-0.2, -0.15) is 0 Å². The Morgan fingerprint density at radius 2 is 2.15 bits per heavy atom. The third-order valence-electron chi connectivity index (χ3n) is 3.66. The van der Waals surface area contributed by atoms with E-state index in [1.54, 1.807) is 4.90 Å². The minimum Gasteiger partial charge on any atom is -0.394 e. The van der Waals surface area contributed by atoms with Crippen LogP contribution >= 0.6 is 22.6 Å². The van der Waals surface area contributed by atoms with Crippen LogP contribution in [0.1, 0.15) is 9.49 Å². The molecule has 2 aliphatic rings. The molecule has 3 unspecified atom stereocenters. The fraction of sp³-hybridized carbons (Fsp3) is 0.636. The molecule has 1 saturated heterocycles. The van der Waals surface area contributed by atoms with Crippen molar-refractivity contribution in [3.05, 3.63) is 11.9 Å². The lowest BCUT2D eigenvalue weighted by molar-refractivity contribution is -0.0221. The monoisotopic (exact) mass is 394 g/mol. The molecule has 8 nitrogen and oxygen atoms in total. The van der Waals surface area contributed by atoms with Crippen LogP contribution in [-0.2, 0) is 4.74 Å². The van der Waals surface area contributed by atoms with Gasteiger partial charge in [-0.05, 0) is 0 Å². The largest absolute Gasteiger partial charge is 0.394 e. The predicted molar refractivity (Wildman–Crippen MR) is 78.3 cm³/mol. The highest BCUT2D eigenvalue weighted by Crippen LogP contribution is 2.43. The first-order chi connectivity index (χ1) is 9.54. The van der Waals surface area contributed by atoms with E-state index in [0.717, 1.165) is 5.56 Å². The van der Waals surface area contributed by atoms with Crippen molar-refractivity contribution >= 4 is 34.2 Å². The Morgan fingerprint density at radius 1 is 1.40 bits per heavy atom. The first kappa shape index (κ1) is 14.2. The minimum absolute atomic E-state index is 0.0740. The van der Waals surface area contributed by atoms with Crippen LogP contribution in [0.4, 0.5) is 11.6 Å². The van der Waals surface area contributed by atoms with Crippen LogP contribution in [0.15, 0.2) is 6.33 Å². The van der Waals surface area contributed by atoms with Gasteiger partial charge in [0.15, 0.2) is 6.23 Å². The fourth-order valence-electron chi connectivity index (χ4n) is 2.64. The van der Waals surface area contributed by atoms with Gasteiger partial charge < -0.3 is 30.7 Å². The van der Waals surface area contributed by atoms with Gasteiger partial charge in [-0.25, -0.2) is 9.97 Å². The number of nitrogens with two attached hydrogens (primary N) is 1. The van der Waals surface area contributed by atoms with E-state index in [1.807, 2.05) is 0 Å². The second kappa shape index (κ2) is 5.22. The molecular weight excluding hydrogens is 379 g/mol. The Bertz CT molecular complexity index is 519. The van der Waals surface area contributed by atoms with E-state index in [2.05, 4.69) is 32.6 Å². The highest BCUT2D eigenvalue weighted by molar-refractivity contribution is 14.1. The van der Waals surface area contributed by atoms with Crippen LogP contribution < -0.4 is 10.6 Å². The van der Waals surface area contributed by atoms with Gasteiger partial charge in [0.2, 0.25) is 0 Å². The number of nitrogen functional groups attached to an aromatic ring is 1. The maximum absolute atomic E-state index is 10.1. The highest BCUT2D eigenvalue weighted by Gasteiger charge is 2.48. The number of fused-ring (bicyclic) bond motifs is 1. The standard InChI is InChI=1S/C11H15IN4O4/c12-4-1-16(10-6(4)9(13)14-3-15-10)11-8(19)7(18)5(2-17)20-11/h3-5,7-8,11,17-19H,1-2H2,(H2,13,14,15)/t4?,5-,7?,8?,11-/m1/s1. The van der Waals surface area contributed by atoms with E-state index in [-0.39, 0.29) is 10.5 Å². The van der Waals surface area contributed by atoms with Crippen LogP contribution in [0.2, 0.25) is 0 Å². The van der Waals surface area contributed by atoms with Crippen molar-refractivity contribution in [3.63, 3.8) is 0 Å². The molecule has 1 aromatic rings. The molecule has 0 spiro atoms. The molecule has 0 aromatic carbocycles. The molecule has 0 radical (unpaired) electrons. The Kier molecular flexibility index (Phi) is 3.71. The number of anilines is 2. The smallest absolute Gasteiger partial charge is 0.160 e. The topological polar surface area (TPSA) is 125 Å². The fourth-order valence-corrected chi connectivity index (χ4v) is 3.66. The molecule has 1 fully saturated rings. The number of alkyl halides is 1. The van der Waals surface area contributed by atoms with Crippen LogP contribution in [0.25, 0.3) is 0 Å². The zero-order chi connectivity index (χ0) is 14.4. The van der Waals surface area contributed by atoms with Crippen molar-refractivity contribution in [1.82, 2.24) is 9.97 Å². The summed E-state index contributed by atoms with van der Waals surface area (Å²) < 4.78 is 5.61. The number of aliphatic hydroxyl groups is 3. The Morgan fingerprint density at radius 3 is 2.80 bits per heavy atom. The van der Waals surface area contributed by atoms with Crippen LogP contribution in [-0.4, -0.2) is 63.0 Å². The molecule has 0 bridgehead atoms. The van der Waals surface area contributed by atoms with Crippen molar-refractivity contribution in [2.24, 2.45) is 0 Å². The van der Waals surface area contributed by atoms with E-state index in [1.165, 1.54) is 6.33 Å². The summed E-state index contributed by atoms with van der Waals surface area (Å²) in [7, 11) is 0. The summed E-state index contributed by atoms with van der Waals surface area (Å²) in [4.78, 5) is 9.93. The maximum Gasteiger partial charge on any atom is 0.160 e. The average molecular weight is 394 g/mol. The molecule has 5 N–H and O–H groups in total. The third-order valence-corrected chi connectivity index (χ3v) is 4.68. The van der Waals surface area contributed by atoms with Gasteiger partial charge in [-0.1, -0.05) is 22.6 Å². The van der Waals surface area contributed by atoms with Gasteiger partial charge >= 0.3 is 0 Å². The Balaban J connectivity index is 1.93. The zero-order valence-corrected chi connectivity index (χ0v) is 12.6. The number of nitrogens with zero attached hydrogens (tertiary/aromatic N) is 3. The molecule has 9 heteroatoms. The van der Waals surface area contributed by atoms with E-state index >= 15 is 0 Å². The summed E-state index contributed by atoms with van der Waals surface area (Å²) in [6, 6.07) is 0. The van der Waals surface area contributed by atoms with Crippen molar-refractivity contribution in [1.29, 1.82) is 0 Å². The Hall–Kier alpha value is -0.750. The molecule has 5 atom stereocenters. The van der Waals surface area contributed by atoms with Gasteiger partial charge in [0.25, 0.3) is 0 Å². The quantitative estimate of drug-likeness (QED) is 0.364. The summed E-state index contributed by atoms with van der Waals surface area (Å²) in [5.74, 6) is 1.01. The molecule has 3 heterocycles. The van der Waals surface area contributed by atoms with Crippen molar-refractivity contribution in [2.45, 2.75) is 28.5 Å². The molecule has 20 heavy (non-hydrogen) atoms. The molecule has 110 valence electrons. The highest BCUT2D eigenvalue weighted by atomic mass is 127. The van der Waals surface area contributed by atoms with Crippen LogP contribution in [0.3, 0.4) is 0 Å². The van der Waals surface area contributed by atoms with E-state index in [0.29, 0.717) is 18.2 Å². The average Bonchev–Trinajstić information content (AvgIpc) is 2.90. The second-order valence-corrected chi connectivity index (χ2v) is 6.35. The van der Waals surface area contributed by atoms with E-state index in [4.69, 9.17) is 15.6 Å². The Labute approximate surface area is 128 Å². The zero-order valence-electron chi connectivity index (χ0n) is 10.4. The number of aliphatic hydroxyl groups excluding tert-OH is 3. The van der Waals surface area contributed by atoms with Gasteiger partial charge in [0, 0.05) is 6.54 Å². The molecule has 0 saturated carbocycles. The summed E-state index contributed by atoms with van der Waals surface area (Å²) in [5, 5.41) is 29.1. The van der Waals surface area contributed by atoms with Crippen LogP contribution in [0.5, 0.6) is 0 Å². The number of rotatable bonds is 2. The molecule has 1 aromatic heterocycles. The number of ether oxygens (including phenoxy) is 1. The normalized spacial score (nSPS) is 36.4. The number of hydrogen-bond acceptors (Lipinski definition) is 8. The molecule has 2 aliphatic heterocycles. The number of halogens is 1. The lowest BCUT2D eigenvalue weighted by Crippen LogP contribution is -2.44. The lowest BCUT2D eigenvalue weighted by Gasteiger charge is -2.27. The third kappa shape index (κ3) is 2.04. The second-order valence-electron chi connectivity index (χ2n) is 4.84. The van der Waals surface area contributed by atoms with Crippen molar-refractivity contribution < 1.29 is 20.1 Å². The predicted octanol–water partition coefficient (Wildman–Crippen LogP) is -1.21. The minimum atomic E-state index is -1.12. The summed E-state index contributed by atoms with van der Waals surface area (Å²) >= 11 is 2.23. The molecular formula is C11H15IN4O4. The van der Waals surface area contributed by atoms with E-state index < -0.39 is 24.5 Å². The molecule has 0 amide bonds. The number of aromatic nitrogens is 2. The first-order valence-electron chi connectivity index (χ1n) is 6.18. The van der Waals surface area contributed by atoms with Gasteiger partial charge in [-0.3, -0.25) is 0 Å². The van der Waals surface area contributed by atoms with Crippen molar-refractivity contribution in [3.8, 4) is 0 Å². The van der Waals surface area contributed by atoms with Crippen molar-refractivity contribution in [2.75, 3.05) is 23.8 Å². The lowest BCUT2D eigenvalue weighted by atomic mass is 10.1. The summed E-state index contributed by atoms with van der Waals surface area (Å²) in [6.07, 6.45) is -2.43. The van der Waals surface area contributed by atoms with Crippen LogP contribution in [0, 0.1) is 0 Å². The maximum atomic E-state index is 10.1.